The second-order valence-corrected chi connectivity index (χ2v) is 4.46. The minimum atomic E-state index is -0.525. The minimum Gasteiger partial charge on any atom is -0.468 e. The number of nitrogens with two attached hydrogens (primary N) is 1. The molecule has 1 aromatic carbocycles. The van der Waals surface area contributed by atoms with Crippen LogP contribution in [0.4, 0.5) is 5.69 Å². The molecule has 7 nitrogen and oxygen atoms in total. The number of methoxy groups -OCH3 is 1. The number of hydrogen-bond donors (Lipinski definition) is 3. The fourth-order valence-corrected chi connectivity index (χ4v) is 1.40. The van der Waals surface area contributed by atoms with Crippen molar-refractivity contribution in [1.82, 2.24) is 5.32 Å². The third kappa shape index (κ3) is 5.23. The van der Waals surface area contributed by atoms with Crippen molar-refractivity contribution < 1.29 is 19.1 Å². The minimum absolute atomic E-state index is 0.180. The first-order valence-corrected chi connectivity index (χ1v) is 6.44. The highest BCUT2D eigenvalue weighted by Gasteiger charge is 2.12. The highest BCUT2D eigenvalue weighted by molar-refractivity contribution is 5.97. The van der Waals surface area contributed by atoms with Gasteiger partial charge >= 0.3 is 5.97 Å². The summed E-state index contributed by atoms with van der Waals surface area (Å²) in [6, 6.07) is 6.31. The van der Waals surface area contributed by atoms with E-state index in [1.165, 1.54) is 7.11 Å². The quantitative estimate of drug-likeness (QED) is 0.645. The van der Waals surface area contributed by atoms with Gasteiger partial charge < -0.3 is 21.1 Å². The lowest BCUT2D eigenvalue weighted by Gasteiger charge is -2.10. The van der Waals surface area contributed by atoms with E-state index in [4.69, 9.17) is 5.73 Å². The van der Waals surface area contributed by atoms with Crippen molar-refractivity contribution in [3.05, 3.63) is 29.8 Å². The summed E-state index contributed by atoms with van der Waals surface area (Å²) in [6.45, 7) is 1.80. The molecule has 21 heavy (non-hydrogen) atoms. The predicted molar refractivity (Wildman–Crippen MR) is 77.6 cm³/mol. The molecule has 0 bridgehead atoms. The van der Waals surface area contributed by atoms with Crippen LogP contribution in [0.5, 0.6) is 0 Å². The normalized spacial score (nSPS) is 11.4. The summed E-state index contributed by atoms with van der Waals surface area (Å²) in [5, 5.41) is 5.11. The summed E-state index contributed by atoms with van der Waals surface area (Å²) in [4.78, 5) is 34.3. The first-order valence-electron chi connectivity index (χ1n) is 6.44. The Labute approximate surface area is 122 Å². The molecule has 0 aliphatic rings. The zero-order valence-corrected chi connectivity index (χ0v) is 12.0. The lowest BCUT2D eigenvalue weighted by Crippen LogP contribution is -2.30. The van der Waals surface area contributed by atoms with Crippen LogP contribution >= 0.6 is 0 Å². The first kappa shape index (κ1) is 16.6. The lowest BCUT2D eigenvalue weighted by molar-refractivity contribution is -0.139. The second-order valence-electron chi connectivity index (χ2n) is 4.46. The molecule has 7 heteroatoms. The van der Waals surface area contributed by atoms with Gasteiger partial charge in [0.1, 0.15) is 6.54 Å². The van der Waals surface area contributed by atoms with Crippen molar-refractivity contribution in [2.75, 3.05) is 25.5 Å². The molecule has 1 aromatic rings. The van der Waals surface area contributed by atoms with Crippen LogP contribution < -0.4 is 16.4 Å². The Morgan fingerprint density at radius 2 is 1.86 bits per heavy atom. The summed E-state index contributed by atoms with van der Waals surface area (Å²) < 4.78 is 4.42. The Hall–Kier alpha value is -2.41. The second kappa shape index (κ2) is 8.01. The fourth-order valence-electron chi connectivity index (χ4n) is 1.40. The molecule has 0 saturated carbocycles. The highest BCUT2D eigenvalue weighted by Crippen LogP contribution is 2.10. The van der Waals surface area contributed by atoms with E-state index in [9.17, 15) is 14.4 Å². The molecule has 0 saturated heterocycles. The van der Waals surface area contributed by atoms with Crippen LogP contribution in [0.3, 0.4) is 0 Å². The Bertz CT molecular complexity index is 513. The molecule has 0 aliphatic carbocycles. The van der Waals surface area contributed by atoms with Crippen LogP contribution in [0.2, 0.25) is 0 Å². The molecule has 0 spiro atoms. The van der Waals surface area contributed by atoms with Crippen molar-refractivity contribution in [2.24, 2.45) is 11.7 Å². The average molecular weight is 293 g/mol. The fraction of sp³-hybridized carbons (Fsp3) is 0.357. The van der Waals surface area contributed by atoms with E-state index in [2.05, 4.69) is 15.4 Å². The van der Waals surface area contributed by atoms with Gasteiger partial charge in [0.2, 0.25) is 5.91 Å². The Balaban J connectivity index is 2.59. The summed E-state index contributed by atoms with van der Waals surface area (Å²) >= 11 is 0. The van der Waals surface area contributed by atoms with Gasteiger partial charge in [0.25, 0.3) is 5.91 Å². The smallest absolute Gasteiger partial charge is 0.325 e. The van der Waals surface area contributed by atoms with Crippen LogP contribution in [0, 0.1) is 5.92 Å². The number of amides is 2. The van der Waals surface area contributed by atoms with Gasteiger partial charge in [-0.05, 0) is 24.3 Å². The number of anilines is 1. The molecule has 0 heterocycles. The maximum atomic E-state index is 11.7. The van der Waals surface area contributed by atoms with E-state index in [1.54, 1.807) is 31.2 Å². The van der Waals surface area contributed by atoms with Gasteiger partial charge in [-0.2, -0.15) is 0 Å². The van der Waals surface area contributed by atoms with Crippen LogP contribution in [0.15, 0.2) is 24.3 Å². The van der Waals surface area contributed by atoms with Crippen LogP contribution in [-0.2, 0) is 14.3 Å². The van der Waals surface area contributed by atoms with Gasteiger partial charge in [0.05, 0.1) is 7.11 Å². The molecule has 0 radical (unpaired) electrons. The number of ether oxygens (including phenoxy) is 1. The molecule has 114 valence electrons. The molecule has 1 rings (SSSR count). The van der Waals surface area contributed by atoms with Gasteiger partial charge in [-0.1, -0.05) is 6.92 Å². The van der Waals surface area contributed by atoms with Crippen LogP contribution in [0.1, 0.15) is 17.3 Å². The molecule has 2 amide bonds. The topological polar surface area (TPSA) is 111 Å². The lowest BCUT2D eigenvalue weighted by atomic mass is 10.1. The number of benzene rings is 1. The number of carbonyl (C=O) groups excluding carboxylic acids is 3. The van der Waals surface area contributed by atoms with Crippen molar-refractivity contribution in [2.45, 2.75) is 6.92 Å². The molecule has 1 unspecified atom stereocenters. The zero-order valence-electron chi connectivity index (χ0n) is 12.0. The van der Waals surface area contributed by atoms with E-state index < -0.39 is 11.9 Å². The van der Waals surface area contributed by atoms with Gasteiger partial charge in [-0.3, -0.25) is 14.4 Å². The molecule has 0 aromatic heterocycles. The molecular formula is C14H19N3O4. The molecule has 0 fully saturated rings. The van der Waals surface area contributed by atoms with Crippen LogP contribution in [-0.4, -0.2) is 38.0 Å². The Morgan fingerprint density at radius 1 is 1.24 bits per heavy atom. The number of rotatable bonds is 6. The van der Waals surface area contributed by atoms with Crippen molar-refractivity contribution in [1.29, 1.82) is 0 Å². The summed E-state index contributed by atoms with van der Waals surface area (Å²) in [7, 11) is 1.24. The summed E-state index contributed by atoms with van der Waals surface area (Å²) in [5.41, 5.74) is 6.36. The molecule has 4 N–H and O–H groups in total. The van der Waals surface area contributed by atoms with E-state index in [0.29, 0.717) is 11.3 Å². The van der Waals surface area contributed by atoms with Crippen molar-refractivity contribution in [3.63, 3.8) is 0 Å². The maximum Gasteiger partial charge on any atom is 0.325 e. The van der Waals surface area contributed by atoms with E-state index >= 15 is 0 Å². The van der Waals surface area contributed by atoms with Gasteiger partial charge in [-0.15, -0.1) is 0 Å². The first-order chi connectivity index (χ1) is 9.97. The SMILES string of the molecule is COC(=O)CNC(=O)c1ccc(NC(=O)C(C)CN)cc1. The highest BCUT2D eigenvalue weighted by atomic mass is 16.5. The third-order valence-electron chi connectivity index (χ3n) is 2.84. The number of hydrogen-bond acceptors (Lipinski definition) is 5. The standard InChI is InChI=1S/C14H19N3O4/c1-9(7-15)13(19)17-11-5-3-10(4-6-11)14(20)16-8-12(18)21-2/h3-6,9H,7-8,15H2,1-2H3,(H,16,20)(H,17,19). The van der Waals surface area contributed by atoms with E-state index in [0.717, 1.165) is 0 Å². The number of esters is 1. The monoisotopic (exact) mass is 293 g/mol. The molecule has 1 atom stereocenters. The summed E-state index contributed by atoms with van der Waals surface area (Å²) in [6.07, 6.45) is 0. The van der Waals surface area contributed by atoms with Crippen molar-refractivity contribution in [3.8, 4) is 0 Å². The zero-order chi connectivity index (χ0) is 15.8. The number of carbonyl (C=O) groups is 3. The summed E-state index contributed by atoms with van der Waals surface area (Å²) in [5.74, 6) is -1.38. The largest absolute Gasteiger partial charge is 0.468 e. The Kier molecular flexibility index (Phi) is 6.35. The van der Waals surface area contributed by atoms with E-state index in [1.807, 2.05) is 0 Å². The Morgan fingerprint density at radius 3 is 2.38 bits per heavy atom. The predicted octanol–water partition coefficient (Wildman–Crippen LogP) is 0.123. The number of nitrogens with one attached hydrogen (secondary N) is 2. The van der Waals surface area contributed by atoms with Gasteiger partial charge in [-0.25, -0.2) is 0 Å². The molecular weight excluding hydrogens is 274 g/mol. The molecule has 0 aliphatic heterocycles. The average Bonchev–Trinajstić information content (AvgIpc) is 2.51. The van der Waals surface area contributed by atoms with Crippen molar-refractivity contribution >= 4 is 23.5 Å². The van der Waals surface area contributed by atoms with E-state index in [-0.39, 0.29) is 24.9 Å². The van der Waals surface area contributed by atoms with Crippen LogP contribution in [0.25, 0.3) is 0 Å². The van der Waals surface area contributed by atoms with Gasteiger partial charge in [0, 0.05) is 23.7 Å². The third-order valence-corrected chi connectivity index (χ3v) is 2.84. The van der Waals surface area contributed by atoms with Gasteiger partial charge in [0.15, 0.2) is 0 Å². The maximum absolute atomic E-state index is 11.7.